The second-order valence-electron chi connectivity index (χ2n) is 5.35. The fourth-order valence-electron chi connectivity index (χ4n) is 1.99. The summed E-state index contributed by atoms with van der Waals surface area (Å²) in [6.07, 6.45) is 0. The number of hydrogen-bond acceptors (Lipinski definition) is 5. The van der Waals surface area contributed by atoms with Crippen molar-refractivity contribution in [2.45, 2.75) is 19.6 Å². The molecule has 7 nitrogen and oxygen atoms in total. The van der Waals surface area contributed by atoms with Gasteiger partial charge in [0.05, 0.1) is 4.92 Å². The molecule has 2 rings (SSSR count). The van der Waals surface area contributed by atoms with E-state index in [-0.39, 0.29) is 17.2 Å². The Kier molecular flexibility index (Phi) is 6.54. The maximum absolute atomic E-state index is 12.2. The molecule has 0 heterocycles. The zero-order valence-corrected chi connectivity index (χ0v) is 15.1. The zero-order chi connectivity index (χ0) is 19.3. The normalized spacial score (nSPS) is 11.5. The third-order valence-corrected chi connectivity index (χ3v) is 3.97. The van der Waals surface area contributed by atoms with Crippen molar-refractivity contribution in [3.05, 3.63) is 73.8 Å². The van der Waals surface area contributed by atoms with Crippen molar-refractivity contribution in [2.75, 3.05) is 0 Å². The average Bonchev–Trinajstić information content (AvgIpc) is 2.60. The van der Waals surface area contributed by atoms with E-state index in [1.807, 2.05) is 0 Å². The van der Waals surface area contributed by atoms with Gasteiger partial charge in [0, 0.05) is 16.7 Å². The number of nitro benzene ring substituents is 1. The van der Waals surface area contributed by atoms with Crippen molar-refractivity contribution in [1.29, 1.82) is 0 Å². The van der Waals surface area contributed by atoms with E-state index in [2.05, 4.69) is 5.32 Å². The molecule has 0 aliphatic rings. The number of halogens is 2. The molecule has 1 amide bonds. The van der Waals surface area contributed by atoms with Gasteiger partial charge < -0.3 is 10.1 Å². The van der Waals surface area contributed by atoms with E-state index in [0.29, 0.717) is 5.02 Å². The number of esters is 1. The van der Waals surface area contributed by atoms with Crippen LogP contribution in [0.1, 0.15) is 22.8 Å². The minimum absolute atomic E-state index is 0.0125. The molecular weight excluding hydrogens is 383 g/mol. The van der Waals surface area contributed by atoms with Gasteiger partial charge in [-0.3, -0.25) is 14.9 Å². The van der Waals surface area contributed by atoms with E-state index >= 15 is 0 Å². The Morgan fingerprint density at radius 3 is 2.46 bits per heavy atom. The number of amides is 1. The molecule has 0 unspecified atom stereocenters. The summed E-state index contributed by atoms with van der Waals surface area (Å²) in [5, 5.41) is 13.8. The molecule has 0 fully saturated rings. The standard InChI is InChI=1S/C17H14Cl2N2O5/c1-10(17(23)26-9-11-2-5-13(18)6-3-11)20-16(22)12-4-7-14(19)15(8-12)21(24)25/h2-8,10H,9H2,1H3,(H,20,22)/t10-/m0/s1. The predicted octanol–water partition coefficient (Wildman–Crippen LogP) is 3.76. The number of rotatable bonds is 6. The number of ether oxygens (including phenoxy) is 1. The fourth-order valence-corrected chi connectivity index (χ4v) is 2.31. The lowest BCUT2D eigenvalue weighted by Crippen LogP contribution is -2.39. The van der Waals surface area contributed by atoms with Crippen LogP contribution in [0.2, 0.25) is 10.0 Å². The number of carbonyl (C=O) groups excluding carboxylic acids is 2. The molecule has 0 aromatic heterocycles. The lowest BCUT2D eigenvalue weighted by atomic mass is 10.1. The SMILES string of the molecule is C[C@H](NC(=O)c1ccc(Cl)c([N+](=O)[O-])c1)C(=O)OCc1ccc(Cl)cc1. The monoisotopic (exact) mass is 396 g/mol. The highest BCUT2D eigenvalue weighted by molar-refractivity contribution is 6.32. The van der Waals surface area contributed by atoms with Crippen LogP contribution in [0, 0.1) is 10.1 Å². The van der Waals surface area contributed by atoms with Gasteiger partial charge in [-0.1, -0.05) is 35.3 Å². The molecule has 0 saturated heterocycles. The summed E-state index contributed by atoms with van der Waals surface area (Å²) in [6, 6.07) is 9.45. The predicted molar refractivity (Wildman–Crippen MR) is 96.3 cm³/mol. The van der Waals surface area contributed by atoms with Crippen LogP contribution < -0.4 is 5.32 Å². The molecule has 1 atom stereocenters. The van der Waals surface area contributed by atoms with Gasteiger partial charge in [0.25, 0.3) is 11.6 Å². The van der Waals surface area contributed by atoms with Crippen LogP contribution in [-0.4, -0.2) is 22.8 Å². The van der Waals surface area contributed by atoms with Crippen LogP contribution in [-0.2, 0) is 16.1 Å². The number of carbonyl (C=O) groups is 2. The van der Waals surface area contributed by atoms with Crippen LogP contribution in [0.15, 0.2) is 42.5 Å². The molecule has 0 aliphatic carbocycles. The second-order valence-corrected chi connectivity index (χ2v) is 6.20. The Balaban J connectivity index is 1.95. The van der Waals surface area contributed by atoms with Crippen molar-refractivity contribution in [3.63, 3.8) is 0 Å². The topological polar surface area (TPSA) is 98.5 Å². The van der Waals surface area contributed by atoms with Crippen LogP contribution >= 0.6 is 23.2 Å². The third kappa shape index (κ3) is 5.18. The van der Waals surface area contributed by atoms with E-state index in [4.69, 9.17) is 27.9 Å². The Bertz CT molecular complexity index is 840. The average molecular weight is 397 g/mol. The van der Waals surface area contributed by atoms with Crippen LogP contribution in [0.4, 0.5) is 5.69 Å². The maximum Gasteiger partial charge on any atom is 0.328 e. The smallest absolute Gasteiger partial charge is 0.328 e. The minimum Gasteiger partial charge on any atom is -0.459 e. The fraction of sp³-hybridized carbons (Fsp3) is 0.176. The van der Waals surface area contributed by atoms with Gasteiger partial charge in [0.2, 0.25) is 0 Å². The lowest BCUT2D eigenvalue weighted by molar-refractivity contribution is -0.384. The summed E-state index contributed by atoms with van der Waals surface area (Å²) in [5.41, 5.74) is 0.366. The van der Waals surface area contributed by atoms with Crippen molar-refractivity contribution >= 4 is 40.8 Å². The Morgan fingerprint density at radius 2 is 1.85 bits per heavy atom. The van der Waals surface area contributed by atoms with Crippen molar-refractivity contribution in [2.24, 2.45) is 0 Å². The Labute approximate surface area is 159 Å². The van der Waals surface area contributed by atoms with Crippen LogP contribution in [0.25, 0.3) is 0 Å². The number of nitro groups is 1. The molecular formula is C17H14Cl2N2O5. The summed E-state index contributed by atoms with van der Waals surface area (Å²) < 4.78 is 5.12. The second kappa shape index (κ2) is 8.64. The molecule has 0 aliphatic heterocycles. The summed E-state index contributed by atoms with van der Waals surface area (Å²) in [7, 11) is 0. The first-order valence-electron chi connectivity index (χ1n) is 7.44. The summed E-state index contributed by atoms with van der Waals surface area (Å²) in [4.78, 5) is 34.3. The largest absolute Gasteiger partial charge is 0.459 e. The highest BCUT2D eigenvalue weighted by atomic mass is 35.5. The highest BCUT2D eigenvalue weighted by Crippen LogP contribution is 2.25. The molecule has 136 valence electrons. The lowest BCUT2D eigenvalue weighted by Gasteiger charge is -2.13. The van der Waals surface area contributed by atoms with Crippen LogP contribution in [0.5, 0.6) is 0 Å². The number of hydrogen-bond donors (Lipinski definition) is 1. The quantitative estimate of drug-likeness (QED) is 0.455. The van der Waals surface area contributed by atoms with Gasteiger partial charge in [0.15, 0.2) is 0 Å². The van der Waals surface area contributed by atoms with E-state index in [0.717, 1.165) is 11.6 Å². The van der Waals surface area contributed by atoms with Gasteiger partial charge in [-0.25, -0.2) is 4.79 Å². The van der Waals surface area contributed by atoms with E-state index in [1.54, 1.807) is 24.3 Å². The summed E-state index contributed by atoms with van der Waals surface area (Å²) >= 11 is 11.5. The molecule has 0 spiro atoms. The van der Waals surface area contributed by atoms with Crippen molar-refractivity contribution in [1.82, 2.24) is 5.32 Å². The maximum atomic E-state index is 12.2. The van der Waals surface area contributed by atoms with E-state index < -0.39 is 28.5 Å². The van der Waals surface area contributed by atoms with Crippen molar-refractivity contribution in [3.8, 4) is 0 Å². The molecule has 2 aromatic rings. The first-order valence-corrected chi connectivity index (χ1v) is 8.19. The number of benzene rings is 2. The van der Waals surface area contributed by atoms with Gasteiger partial charge >= 0.3 is 5.97 Å². The molecule has 0 saturated carbocycles. The van der Waals surface area contributed by atoms with Gasteiger partial charge in [-0.05, 0) is 36.8 Å². The molecule has 26 heavy (non-hydrogen) atoms. The zero-order valence-electron chi connectivity index (χ0n) is 13.6. The minimum atomic E-state index is -0.940. The molecule has 9 heteroatoms. The summed E-state index contributed by atoms with van der Waals surface area (Å²) in [6.45, 7) is 1.48. The Morgan fingerprint density at radius 1 is 1.19 bits per heavy atom. The first kappa shape index (κ1) is 19.7. The van der Waals surface area contributed by atoms with E-state index in [9.17, 15) is 19.7 Å². The molecule has 2 aromatic carbocycles. The Hall–Kier alpha value is -2.64. The van der Waals surface area contributed by atoms with E-state index in [1.165, 1.54) is 19.1 Å². The van der Waals surface area contributed by atoms with Gasteiger partial charge in [-0.15, -0.1) is 0 Å². The number of nitrogens with zero attached hydrogens (tertiary/aromatic N) is 1. The van der Waals surface area contributed by atoms with Gasteiger partial charge in [-0.2, -0.15) is 0 Å². The van der Waals surface area contributed by atoms with Crippen molar-refractivity contribution < 1.29 is 19.2 Å². The highest BCUT2D eigenvalue weighted by Gasteiger charge is 2.21. The molecule has 1 N–H and O–H groups in total. The van der Waals surface area contributed by atoms with Crippen LogP contribution in [0.3, 0.4) is 0 Å². The summed E-state index contributed by atoms with van der Waals surface area (Å²) in [5.74, 6) is -1.29. The third-order valence-electron chi connectivity index (χ3n) is 3.40. The molecule has 0 bridgehead atoms. The molecule has 0 radical (unpaired) electrons. The first-order chi connectivity index (χ1) is 12.3. The number of nitrogens with one attached hydrogen (secondary N) is 1. The van der Waals surface area contributed by atoms with Gasteiger partial charge in [0.1, 0.15) is 17.7 Å².